The predicted molar refractivity (Wildman–Crippen MR) is 71.9 cm³/mol. The quantitative estimate of drug-likeness (QED) is 0.904. The number of halogens is 2. The average molecular weight is 300 g/mol. The van der Waals surface area contributed by atoms with Crippen molar-refractivity contribution >= 4 is 33.2 Å². The third-order valence-corrected chi connectivity index (χ3v) is 3.86. The molecule has 0 atom stereocenters. The Labute approximate surface area is 108 Å². The molecule has 1 aromatic carbocycles. The van der Waals surface area contributed by atoms with E-state index < -0.39 is 0 Å². The molecule has 0 unspecified atom stereocenters. The normalized spacial score (nSPS) is 10.4. The van der Waals surface area contributed by atoms with Gasteiger partial charge in [0.15, 0.2) is 0 Å². The fourth-order valence-electron chi connectivity index (χ4n) is 1.51. The minimum absolute atomic E-state index is 0.719. The van der Waals surface area contributed by atoms with Crippen LogP contribution in [0.15, 0.2) is 41.0 Å². The fourth-order valence-corrected chi connectivity index (χ4v) is 2.09. The van der Waals surface area contributed by atoms with E-state index in [4.69, 9.17) is 11.6 Å². The van der Waals surface area contributed by atoms with Crippen molar-refractivity contribution in [1.82, 2.24) is 4.57 Å². The van der Waals surface area contributed by atoms with E-state index in [1.165, 1.54) is 5.69 Å². The highest BCUT2D eigenvalue weighted by Crippen LogP contribution is 2.30. The Kier molecular flexibility index (Phi) is 3.56. The predicted octanol–water partition coefficient (Wildman–Crippen LogP) is 4.05. The van der Waals surface area contributed by atoms with Gasteiger partial charge in [-0.05, 0) is 40.2 Å². The average Bonchev–Trinajstić information content (AvgIpc) is 2.67. The van der Waals surface area contributed by atoms with Crippen molar-refractivity contribution in [3.05, 3.63) is 51.7 Å². The summed E-state index contributed by atoms with van der Waals surface area (Å²) in [5, 5.41) is 4.06. The lowest BCUT2D eigenvalue weighted by molar-refractivity contribution is 0.842. The van der Waals surface area contributed by atoms with Crippen LogP contribution < -0.4 is 5.32 Å². The van der Waals surface area contributed by atoms with Crippen molar-refractivity contribution in [3.63, 3.8) is 0 Å². The second-order valence-corrected chi connectivity index (χ2v) is 4.77. The van der Waals surface area contributed by atoms with Gasteiger partial charge in [-0.3, -0.25) is 0 Å². The molecule has 0 saturated carbocycles. The standard InChI is InChI=1S/C12H12BrClN2/c1-16-7-3-4-9(16)8-15-11-6-2-5-10(14)12(11)13/h2-7,15H,8H2,1H3. The fraction of sp³-hybridized carbons (Fsp3) is 0.167. The number of hydrogen-bond donors (Lipinski definition) is 1. The molecule has 2 rings (SSSR count). The van der Waals surface area contributed by atoms with Gasteiger partial charge in [0.25, 0.3) is 0 Å². The minimum atomic E-state index is 0.719. The summed E-state index contributed by atoms with van der Waals surface area (Å²) in [4.78, 5) is 0. The molecule has 0 radical (unpaired) electrons. The third-order valence-electron chi connectivity index (χ3n) is 2.46. The van der Waals surface area contributed by atoms with Gasteiger partial charge in [0, 0.05) is 18.9 Å². The molecule has 84 valence electrons. The zero-order chi connectivity index (χ0) is 11.5. The largest absolute Gasteiger partial charge is 0.379 e. The molecule has 1 N–H and O–H groups in total. The van der Waals surface area contributed by atoms with Gasteiger partial charge in [-0.15, -0.1) is 0 Å². The van der Waals surface area contributed by atoms with E-state index in [2.05, 4.69) is 31.9 Å². The number of aryl methyl sites for hydroxylation is 1. The summed E-state index contributed by atoms with van der Waals surface area (Å²) in [6.45, 7) is 0.780. The van der Waals surface area contributed by atoms with Crippen LogP contribution in [0, 0.1) is 0 Å². The molecule has 0 amide bonds. The highest BCUT2D eigenvalue weighted by atomic mass is 79.9. The molecule has 0 aliphatic heterocycles. The van der Waals surface area contributed by atoms with Gasteiger partial charge in [-0.25, -0.2) is 0 Å². The lowest BCUT2D eigenvalue weighted by Gasteiger charge is -2.10. The number of nitrogens with zero attached hydrogens (tertiary/aromatic N) is 1. The molecule has 4 heteroatoms. The van der Waals surface area contributed by atoms with Crippen molar-refractivity contribution in [1.29, 1.82) is 0 Å². The first-order valence-electron chi connectivity index (χ1n) is 4.96. The minimum Gasteiger partial charge on any atom is -0.379 e. The summed E-state index contributed by atoms with van der Waals surface area (Å²) >= 11 is 9.48. The molecule has 1 aromatic heterocycles. The molecule has 0 aliphatic carbocycles. The van der Waals surface area contributed by atoms with Crippen LogP contribution in [0.25, 0.3) is 0 Å². The molecule has 0 aliphatic rings. The van der Waals surface area contributed by atoms with Crippen molar-refractivity contribution < 1.29 is 0 Å². The van der Waals surface area contributed by atoms with Gasteiger partial charge in [-0.2, -0.15) is 0 Å². The first kappa shape index (κ1) is 11.6. The zero-order valence-corrected chi connectivity index (χ0v) is 11.2. The lowest BCUT2D eigenvalue weighted by atomic mass is 10.3. The van der Waals surface area contributed by atoms with Crippen LogP contribution in [0.4, 0.5) is 5.69 Å². The first-order chi connectivity index (χ1) is 7.68. The van der Waals surface area contributed by atoms with Gasteiger partial charge in [0.1, 0.15) is 0 Å². The van der Waals surface area contributed by atoms with E-state index in [1.807, 2.05) is 37.5 Å². The van der Waals surface area contributed by atoms with Gasteiger partial charge < -0.3 is 9.88 Å². The first-order valence-corrected chi connectivity index (χ1v) is 6.13. The van der Waals surface area contributed by atoms with Crippen LogP contribution in [0.2, 0.25) is 5.02 Å². The van der Waals surface area contributed by atoms with E-state index in [0.29, 0.717) is 0 Å². The number of benzene rings is 1. The number of nitrogens with one attached hydrogen (secondary N) is 1. The molecule has 0 bridgehead atoms. The van der Waals surface area contributed by atoms with Gasteiger partial charge in [0.2, 0.25) is 0 Å². The number of aromatic nitrogens is 1. The van der Waals surface area contributed by atoms with Crippen LogP contribution in [0.5, 0.6) is 0 Å². The molecule has 0 spiro atoms. The number of hydrogen-bond acceptors (Lipinski definition) is 1. The smallest absolute Gasteiger partial charge is 0.0593 e. The maximum atomic E-state index is 6.01. The highest BCUT2D eigenvalue weighted by Gasteiger charge is 2.03. The Hall–Kier alpha value is -0.930. The monoisotopic (exact) mass is 298 g/mol. The van der Waals surface area contributed by atoms with Crippen molar-refractivity contribution in [2.75, 3.05) is 5.32 Å². The number of rotatable bonds is 3. The Balaban J connectivity index is 2.11. The Morgan fingerprint density at radius 1 is 1.31 bits per heavy atom. The molecular formula is C12H12BrClN2. The molecule has 0 fully saturated rings. The number of anilines is 1. The summed E-state index contributed by atoms with van der Waals surface area (Å²) in [5.41, 5.74) is 2.24. The SMILES string of the molecule is Cn1cccc1CNc1cccc(Cl)c1Br. The summed E-state index contributed by atoms with van der Waals surface area (Å²) in [5.74, 6) is 0. The maximum absolute atomic E-state index is 6.01. The summed E-state index contributed by atoms with van der Waals surface area (Å²) < 4.78 is 3.00. The Morgan fingerprint density at radius 2 is 2.12 bits per heavy atom. The Bertz CT molecular complexity index is 494. The molecule has 2 nitrogen and oxygen atoms in total. The lowest BCUT2D eigenvalue weighted by Crippen LogP contribution is -2.04. The van der Waals surface area contributed by atoms with E-state index in [-0.39, 0.29) is 0 Å². The molecule has 0 saturated heterocycles. The highest BCUT2D eigenvalue weighted by molar-refractivity contribution is 9.10. The van der Waals surface area contributed by atoms with Crippen LogP contribution in [-0.2, 0) is 13.6 Å². The van der Waals surface area contributed by atoms with Gasteiger partial charge >= 0.3 is 0 Å². The molecular weight excluding hydrogens is 288 g/mol. The van der Waals surface area contributed by atoms with E-state index in [0.717, 1.165) is 21.7 Å². The molecule has 1 heterocycles. The third kappa shape index (κ3) is 2.42. The Morgan fingerprint density at radius 3 is 2.81 bits per heavy atom. The molecule has 16 heavy (non-hydrogen) atoms. The summed E-state index contributed by atoms with van der Waals surface area (Å²) in [6, 6.07) is 9.91. The molecule has 2 aromatic rings. The zero-order valence-electron chi connectivity index (χ0n) is 8.87. The van der Waals surface area contributed by atoms with Crippen molar-refractivity contribution in [2.45, 2.75) is 6.54 Å². The van der Waals surface area contributed by atoms with Crippen LogP contribution in [0.1, 0.15) is 5.69 Å². The van der Waals surface area contributed by atoms with E-state index in [9.17, 15) is 0 Å². The van der Waals surface area contributed by atoms with Crippen LogP contribution in [-0.4, -0.2) is 4.57 Å². The van der Waals surface area contributed by atoms with Crippen molar-refractivity contribution in [3.8, 4) is 0 Å². The van der Waals surface area contributed by atoms with Gasteiger partial charge in [-0.1, -0.05) is 17.7 Å². The van der Waals surface area contributed by atoms with E-state index >= 15 is 0 Å². The van der Waals surface area contributed by atoms with Crippen LogP contribution >= 0.6 is 27.5 Å². The van der Waals surface area contributed by atoms with Crippen molar-refractivity contribution in [2.24, 2.45) is 7.05 Å². The second-order valence-electron chi connectivity index (χ2n) is 3.57. The van der Waals surface area contributed by atoms with E-state index in [1.54, 1.807) is 0 Å². The topological polar surface area (TPSA) is 17.0 Å². The second kappa shape index (κ2) is 4.93. The summed E-state index contributed by atoms with van der Waals surface area (Å²) in [7, 11) is 2.03. The van der Waals surface area contributed by atoms with Gasteiger partial charge in [0.05, 0.1) is 21.7 Å². The summed E-state index contributed by atoms with van der Waals surface area (Å²) in [6.07, 6.45) is 2.03. The van der Waals surface area contributed by atoms with Crippen LogP contribution in [0.3, 0.4) is 0 Å². The maximum Gasteiger partial charge on any atom is 0.0593 e.